The molecule has 0 aliphatic carbocycles. The predicted molar refractivity (Wildman–Crippen MR) is 80.5 cm³/mol. The van der Waals surface area contributed by atoms with Gasteiger partial charge < -0.3 is 15.4 Å². The van der Waals surface area contributed by atoms with Crippen molar-refractivity contribution in [3.05, 3.63) is 0 Å². The molecule has 0 saturated carbocycles. The van der Waals surface area contributed by atoms with Gasteiger partial charge in [-0.2, -0.15) is 0 Å². The molecule has 0 bridgehead atoms. The third-order valence-corrected chi connectivity index (χ3v) is 4.53. The number of hydrogen-bond acceptors (Lipinski definition) is 3. The Morgan fingerprint density at radius 3 is 2.89 bits per heavy atom. The van der Waals surface area contributed by atoms with Crippen molar-refractivity contribution < 1.29 is 4.74 Å². The summed E-state index contributed by atoms with van der Waals surface area (Å²) in [5, 5.41) is 7.37. The Hall–Kier alpha value is -0.120. The van der Waals surface area contributed by atoms with E-state index in [2.05, 4.69) is 17.6 Å². The number of nitrogens with one attached hydrogen (secondary N) is 2. The van der Waals surface area contributed by atoms with Crippen LogP contribution < -0.4 is 10.6 Å². The van der Waals surface area contributed by atoms with Gasteiger partial charge in [0.15, 0.2) is 0 Å². The third-order valence-electron chi connectivity index (χ3n) is 4.53. The Balaban J connectivity index is 1.54. The zero-order valence-corrected chi connectivity index (χ0v) is 12.6. The van der Waals surface area contributed by atoms with Crippen molar-refractivity contribution in [2.24, 2.45) is 0 Å². The van der Waals surface area contributed by atoms with E-state index in [0.717, 1.165) is 19.2 Å². The Morgan fingerprint density at radius 1 is 1.16 bits per heavy atom. The minimum Gasteiger partial charge on any atom is -0.378 e. The normalized spacial score (nSPS) is 30.8. The summed E-state index contributed by atoms with van der Waals surface area (Å²) >= 11 is 0. The molecule has 2 heterocycles. The SMILES string of the molecule is CC(CC1CCCCCN1)NCCC1CCCCO1. The molecule has 112 valence electrons. The standard InChI is InChI=1S/C16H32N2O/c1-14(13-15-7-3-2-5-10-18-15)17-11-9-16-8-4-6-12-19-16/h14-18H,2-13H2,1H3. The van der Waals surface area contributed by atoms with E-state index in [4.69, 9.17) is 4.74 Å². The summed E-state index contributed by atoms with van der Waals surface area (Å²) in [7, 11) is 0. The van der Waals surface area contributed by atoms with Crippen molar-refractivity contribution in [2.75, 3.05) is 19.7 Å². The molecule has 3 heteroatoms. The number of ether oxygens (including phenoxy) is 1. The lowest BCUT2D eigenvalue weighted by Crippen LogP contribution is -2.38. The molecule has 0 aromatic rings. The fraction of sp³-hybridized carbons (Fsp3) is 1.00. The molecule has 2 N–H and O–H groups in total. The van der Waals surface area contributed by atoms with Crippen molar-refractivity contribution in [3.63, 3.8) is 0 Å². The van der Waals surface area contributed by atoms with Crippen LogP contribution in [0, 0.1) is 0 Å². The van der Waals surface area contributed by atoms with Gasteiger partial charge in [0.05, 0.1) is 6.10 Å². The Morgan fingerprint density at radius 2 is 2.05 bits per heavy atom. The van der Waals surface area contributed by atoms with Crippen LogP contribution >= 0.6 is 0 Å². The van der Waals surface area contributed by atoms with Gasteiger partial charge in [-0.15, -0.1) is 0 Å². The first-order chi connectivity index (χ1) is 9.34. The largest absolute Gasteiger partial charge is 0.378 e. The van der Waals surface area contributed by atoms with E-state index in [9.17, 15) is 0 Å². The molecule has 0 aromatic heterocycles. The number of rotatable bonds is 6. The first-order valence-electron chi connectivity index (χ1n) is 8.43. The molecule has 2 rings (SSSR count). The highest BCUT2D eigenvalue weighted by atomic mass is 16.5. The van der Waals surface area contributed by atoms with Crippen molar-refractivity contribution in [2.45, 2.75) is 82.9 Å². The van der Waals surface area contributed by atoms with Crippen LogP contribution in [0.2, 0.25) is 0 Å². The van der Waals surface area contributed by atoms with Gasteiger partial charge in [0.25, 0.3) is 0 Å². The lowest BCUT2D eigenvalue weighted by atomic mass is 10.0. The molecule has 2 aliphatic heterocycles. The summed E-state index contributed by atoms with van der Waals surface area (Å²) in [5.74, 6) is 0. The van der Waals surface area contributed by atoms with Gasteiger partial charge in [-0.25, -0.2) is 0 Å². The summed E-state index contributed by atoms with van der Waals surface area (Å²) in [5.41, 5.74) is 0. The molecule has 3 atom stereocenters. The zero-order chi connectivity index (χ0) is 13.3. The lowest BCUT2D eigenvalue weighted by Gasteiger charge is -2.25. The maximum absolute atomic E-state index is 5.77. The summed E-state index contributed by atoms with van der Waals surface area (Å²) in [6, 6.07) is 1.36. The molecule has 0 radical (unpaired) electrons. The maximum atomic E-state index is 5.77. The Labute approximate surface area is 118 Å². The molecule has 0 aromatic carbocycles. The van der Waals surface area contributed by atoms with E-state index >= 15 is 0 Å². The molecule has 2 aliphatic rings. The van der Waals surface area contributed by atoms with Gasteiger partial charge in [-0.05, 0) is 65.0 Å². The Kier molecular flexibility index (Phi) is 7.18. The van der Waals surface area contributed by atoms with Crippen molar-refractivity contribution in [3.8, 4) is 0 Å². The van der Waals surface area contributed by atoms with E-state index in [1.807, 2.05) is 0 Å². The second kappa shape index (κ2) is 8.93. The molecule has 3 nitrogen and oxygen atoms in total. The number of hydrogen-bond donors (Lipinski definition) is 2. The summed E-state index contributed by atoms with van der Waals surface area (Å²) in [4.78, 5) is 0. The van der Waals surface area contributed by atoms with Crippen molar-refractivity contribution in [1.29, 1.82) is 0 Å². The van der Waals surface area contributed by atoms with Gasteiger partial charge in [0, 0.05) is 18.7 Å². The molecule has 19 heavy (non-hydrogen) atoms. The first kappa shape index (κ1) is 15.3. The van der Waals surface area contributed by atoms with Gasteiger partial charge >= 0.3 is 0 Å². The average molecular weight is 268 g/mol. The highest BCUT2D eigenvalue weighted by molar-refractivity contribution is 4.76. The van der Waals surface area contributed by atoms with Gasteiger partial charge in [0.2, 0.25) is 0 Å². The zero-order valence-electron chi connectivity index (χ0n) is 12.6. The molecule has 0 spiro atoms. The molecule has 2 saturated heterocycles. The van der Waals surface area contributed by atoms with Crippen LogP contribution in [0.4, 0.5) is 0 Å². The minimum absolute atomic E-state index is 0.518. The Bertz CT molecular complexity index is 221. The van der Waals surface area contributed by atoms with Crippen LogP contribution in [0.15, 0.2) is 0 Å². The smallest absolute Gasteiger partial charge is 0.0587 e. The summed E-state index contributed by atoms with van der Waals surface area (Å²) in [6.45, 7) is 5.63. The van der Waals surface area contributed by atoms with E-state index < -0.39 is 0 Å². The van der Waals surface area contributed by atoms with Crippen LogP contribution in [0.25, 0.3) is 0 Å². The van der Waals surface area contributed by atoms with Crippen LogP contribution in [-0.4, -0.2) is 37.9 Å². The van der Waals surface area contributed by atoms with E-state index in [1.54, 1.807) is 0 Å². The van der Waals surface area contributed by atoms with Crippen LogP contribution in [0.3, 0.4) is 0 Å². The van der Waals surface area contributed by atoms with E-state index in [0.29, 0.717) is 12.1 Å². The molecule has 2 fully saturated rings. The molecule has 3 unspecified atom stereocenters. The van der Waals surface area contributed by atoms with Crippen LogP contribution in [0.5, 0.6) is 0 Å². The molecule has 0 amide bonds. The second-order valence-corrected chi connectivity index (χ2v) is 6.37. The van der Waals surface area contributed by atoms with E-state index in [-0.39, 0.29) is 0 Å². The van der Waals surface area contributed by atoms with Crippen LogP contribution in [-0.2, 0) is 4.74 Å². The highest BCUT2D eigenvalue weighted by Gasteiger charge is 2.16. The third kappa shape index (κ3) is 6.24. The molecular formula is C16H32N2O. The summed E-state index contributed by atoms with van der Waals surface area (Å²) in [6.07, 6.45) is 12.4. The second-order valence-electron chi connectivity index (χ2n) is 6.37. The topological polar surface area (TPSA) is 33.3 Å². The summed E-state index contributed by atoms with van der Waals surface area (Å²) < 4.78 is 5.77. The highest BCUT2D eigenvalue weighted by Crippen LogP contribution is 2.15. The van der Waals surface area contributed by atoms with Gasteiger partial charge in [-0.3, -0.25) is 0 Å². The van der Waals surface area contributed by atoms with Crippen molar-refractivity contribution >= 4 is 0 Å². The van der Waals surface area contributed by atoms with Gasteiger partial charge in [-0.1, -0.05) is 12.8 Å². The van der Waals surface area contributed by atoms with Gasteiger partial charge in [0.1, 0.15) is 0 Å². The fourth-order valence-corrected chi connectivity index (χ4v) is 3.34. The fourth-order valence-electron chi connectivity index (χ4n) is 3.34. The molecular weight excluding hydrogens is 236 g/mol. The van der Waals surface area contributed by atoms with E-state index in [1.165, 1.54) is 64.3 Å². The first-order valence-corrected chi connectivity index (χ1v) is 8.43. The monoisotopic (exact) mass is 268 g/mol. The average Bonchev–Trinajstić information content (AvgIpc) is 2.68. The van der Waals surface area contributed by atoms with Crippen molar-refractivity contribution in [1.82, 2.24) is 10.6 Å². The quantitative estimate of drug-likeness (QED) is 0.777. The predicted octanol–water partition coefficient (Wildman–Crippen LogP) is 2.85. The maximum Gasteiger partial charge on any atom is 0.0587 e. The lowest BCUT2D eigenvalue weighted by molar-refractivity contribution is 0.0112. The minimum atomic E-state index is 0.518. The van der Waals surface area contributed by atoms with Crippen LogP contribution in [0.1, 0.15) is 64.7 Å².